The van der Waals surface area contributed by atoms with E-state index in [-0.39, 0.29) is 17.0 Å². The fourth-order valence-corrected chi connectivity index (χ4v) is 4.57. The molecule has 1 aliphatic rings. The number of ether oxygens (including phenoxy) is 2. The molecule has 2 heterocycles. The molecule has 34 heavy (non-hydrogen) atoms. The highest BCUT2D eigenvalue weighted by molar-refractivity contribution is 7.13. The summed E-state index contributed by atoms with van der Waals surface area (Å²) >= 11 is 1.18. The number of hydrogen-bond acceptors (Lipinski definition) is 7. The second-order valence-corrected chi connectivity index (χ2v) is 8.70. The van der Waals surface area contributed by atoms with E-state index in [1.54, 1.807) is 36.3 Å². The lowest BCUT2D eigenvalue weighted by Gasteiger charge is -2.31. The van der Waals surface area contributed by atoms with Gasteiger partial charge < -0.3 is 25.0 Å². The standard InChI is InChI=1S/C23H24FN5O4S/c1-32-17-8-9-18(19(12-17)33-2)26-23(31)29-10-4-5-14(13-29)21-27-28-22(34-21)20(30)25-16-7-3-6-15(24)11-16/h3,6-9,11-12,14H,4-5,10,13H2,1-2H3,(H,25,30)(H,26,31). The van der Waals surface area contributed by atoms with Crippen molar-refractivity contribution in [3.8, 4) is 11.5 Å². The summed E-state index contributed by atoms with van der Waals surface area (Å²) in [5, 5.41) is 14.6. The molecule has 178 valence electrons. The highest BCUT2D eigenvalue weighted by Gasteiger charge is 2.28. The molecule has 0 radical (unpaired) electrons. The van der Waals surface area contributed by atoms with E-state index < -0.39 is 11.7 Å². The van der Waals surface area contributed by atoms with Crippen molar-refractivity contribution < 1.29 is 23.5 Å². The molecule has 0 aliphatic carbocycles. The first-order chi connectivity index (χ1) is 16.5. The summed E-state index contributed by atoms with van der Waals surface area (Å²) in [5.74, 6) is 0.196. The third-order valence-electron chi connectivity index (χ3n) is 5.43. The predicted octanol–water partition coefficient (Wildman–Crippen LogP) is 4.36. The molecule has 1 saturated heterocycles. The molecule has 1 aliphatic heterocycles. The van der Waals surface area contributed by atoms with Crippen LogP contribution in [0.2, 0.25) is 0 Å². The van der Waals surface area contributed by atoms with Gasteiger partial charge in [-0.2, -0.15) is 0 Å². The van der Waals surface area contributed by atoms with E-state index >= 15 is 0 Å². The zero-order valence-corrected chi connectivity index (χ0v) is 19.5. The smallest absolute Gasteiger partial charge is 0.321 e. The van der Waals surface area contributed by atoms with E-state index in [1.807, 2.05) is 0 Å². The molecule has 3 aromatic rings. The highest BCUT2D eigenvalue weighted by Crippen LogP contribution is 2.32. The van der Waals surface area contributed by atoms with Gasteiger partial charge in [-0.25, -0.2) is 9.18 Å². The van der Waals surface area contributed by atoms with Gasteiger partial charge in [-0.05, 0) is 43.2 Å². The summed E-state index contributed by atoms with van der Waals surface area (Å²) in [4.78, 5) is 27.1. The summed E-state index contributed by atoms with van der Waals surface area (Å²) in [6.45, 7) is 1.05. The van der Waals surface area contributed by atoms with Gasteiger partial charge in [0.2, 0.25) is 5.01 Å². The molecule has 0 saturated carbocycles. The lowest BCUT2D eigenvalue weighted by Crippen LogP contribution is -2.41. The summed E-state index contributed by atoms with van der Waals surface area (Å²) in [6, 6.07) is 10.6. The number of hydrogen-bond donors (Lipinski definition) is 2. The number of piperidine rings is 1. The average molecular weight is 486 g/mol. The number of nitrogens with zero attached hydrogens (tertiary/aromatic N) is 3. The number of carbonyl (C=O) groups excluding carboxylic acids is 2. The van der Waals surface area contributed by atoms with Gasteiger partial charge in [0.25, 0.3) is 5.91 Å². The van der Waals surface area contributed by atoms with Crippen LogP contribution in [-0.2, 0) is 0 Å². The van der Waals surface area contributed by atoms with Crippen molar-refractivity contribution >= 4 is 34.6 Å². The van der Waals surface area contributed by atoms with E-state index in [0.29, 0.717) is 41.0 Å². The highest BCUT2D eigenvalue weighted by atomic mass is 32.1. The van der Waals surface area contributed by atoms with Crippen molar-refractivity contribution in [2.75, 3.05) is 37.9 Å². The number of amides is 3. The molecular weight excluding hydrogens is 461 g/mol. The molecule has 9 nitrogen and oxygen atoms in total. The van der Waals surface area contributed by atoms with Crippen molar-refractivity contribution in [3.63, 3.8) is 0 Å². The first-order valence-corrected chi connectivity index (χ1v) is 11.5. The van der Waals surface area contributed by atoms with Crippen LogP contribution in [0.3, 0.4) is 0 Å². The Morgan fingerprint density at radius 3 is 2.74 bits per heavy atom. The maximum atomic E-state index is 13.4. The van der Waals surface area contributed by atoms with Crippen LogP contribution >= 0.6 is 11.3 Å². The van der Waals surface area contributed by atoms with Crippen molar-refractivity contribution in [2.24, 2.45) is 0 Å². The van der Waals surface area contributed by atoms with Gasteiger partial charge in [-0.3, -0.25) is 4.79 Å². The second-order valence-electron chi connectivity index (χ2n) is 7.69. The zero-order valence-electron chi connectivity index (χ0n) is 18.7. The topological polar surface area (TPSA) is 106 Å². The summed E-state index contributed by atoms with van der Waals surface area (Å²) in [6.07, 6.45) is 1.62. The Bertz CT molecular complexity index is 1190. The van der Waals surface area contributed by atoms with Crippen molar-refractivity contribution in [1.29, 1.82) is 0 Å². The molecule has 2 N–H and O–H groups in total. The maximum Gasteiger partial charge on any atom is 0.321 e. The number of nitrogens with one attached hydrogen (secondary N) is 2. The third-order valence-corrected chi connectivity index (χ3v) is 6.51. The number of halogens is 1. The van der Waals surface area contributed by atoms with E-state index in [1.165, 1.54) is 36.6 Å². The van der Waals surface area contributed by atoms with Crippen LogP contribution < -0.4 is 20.1 Å². The molecule has 11 heteroatoms. The minimum atomic E-state index is -0.452. The SMILES string of the molecule is COc1ccc(NC(=O)N2CCCC(c3nnc(C(=O)Nc4cccc(F)c4)s3)C2)c(OC)c1. The average Bonchev–Trinajstić information content (AvgIpc) is 3.35. The Labute approximate surface area is 199 Å². The Morgan fingerprint density at radius 2 is 1.97 bits per heavy atom. The van der Waals surface area contributed by atoms with Crippen molar-refractivity contribution in [1.82, 2.24) is 15.1 Å². The Balaban J connectivity index is 1.40. The molecule has 1 fully saturated rings. The van der Waals surface area contributed by atoms with Gasteiger partial charge in [0, 0.05) is 30.8 Å². The minimum absolute atomic E-state index is 0.0366. The summed E-state index contributed by atoms with van der Waals surface area (Å²) in [7, 11) is 3.09. The first-order valence-electron chi connectivity index (χ1n) is 10.6. The van der Waals surface area contributed by atoms with E-state index in [0.717, 1.165) is 12.8 Å². The van der Waals surface area contributed by atoms with Crippen LogP contribution in [0.5, 0.6) is 11.5 Å². The van der Waals surface area contributed by atoms with Crippen LogP contribution in [0, 0.1) is 5.82 Å². The van der Waals surface area contributed by atoms with Crippen molar-refractivity contribution in [2.45, 2.75) is 18.8 Å². The number of aromatic nitrogens is 2. The van der Waals surface area contributed by atoms with Gasteiger partial charge in [-0.15, -0.1) is 10.2 Å². The minimum Gasteiger partial charge on any atom is -0.497 e. The largest absolute Gasteiger partial charge is 0.497 e. The molecule has 1 atom stereocenters. The molecule has 1 unspecified atom stereocenters. The quantitative estimate of drug-likeness (QED) is 0.538. The molecule has 0 bridgehead atoms. The molecule has 2 aromatic carbocycles. The summed E-state index contributed by atoms with van der Waals surface area (Å²) < 4.78 is 23.9. The third kappa shape index (κ3) is 5.42. The van der Waals surface area contributed by atoms with Crippen LogP contribution in [-0.4, -0.2) is 54.3 Å². The van der Waals surface area contributed by atoms with Crippen LogP contribution in [0.15, 0.2) is 42.5 Å². The first kappa shape index (κ1) is 23.4. The van der Waals surface area contributed by atoms with Gasteiger partial charge >= 0.3 is 6.03 Å². The van der Waals surface area contributed by atoms with Crippen LogP contribution in [0.4, 0.5) is 20.6 Å². The number of anilines is 2. The number of benzene rings is 2. The number of likely N-dealkylation sites (tertiary alicyclic amines) is 1. The molecule has 1 aromatic heterocycles. The maximum absolute atomic E-state index is 13.4. The van der Waals surface area contributed by atoms with Gasteiger partial charge in [-0.1, -0.05) is 17.4 Å². The number of carbonyl (C=O) groups is 2. The van der Waals surface area contributed by atoms with Gasteiger partial charge in [0.15, 0.2) is 0 Å². The molecule has 0 spiro atoms. The zero-order chi connectivity index (χ0) is 24.1. The molecule has 4 rings (SSSR count). The Hall–Kier alpha value is -3.73. The predicted molar refractivity (Wildman–Crippen MR) is 126 cm³/mol. The molecular formula is C23H24FN5O4S. The number of urea groups is 1. The van der Waals surface area contributed by atoms with E-state index in [4.69, 9.17) is 9.47 Å². The van der Waals surface area contributed by atoms with Crippen molar-refractivity contribution in [3.05, 3.63) is 58.3 Å². The van der Waals surface area contributed by atoms with Gasteiger partial charge in [0.05, 0.1) is 19.9 Å². The lowest BCUT2D eigenvalue weighted by molar-refractivity contribution is 0.102. The number of methoxy groups -OCH3 is 2. The Morgan fingerprint density at radius 1 is 1.12 bits per heavy atom. The molecule has 3 amide bonds. The van der Waals surface area contributed by atoms with E-state index in [2.05, 4.69) is 20.8 Å². The lowest BCUT2D eigenvalue weighted by atomic mass is 9.99. The van der Waals surface area contributed by atoms with E-state index in [9.17, 15) is 14.0 Å². The fourth-order valence-electron chi connectivity index (χ4n) is 3.70. The fraction of sp³-hybridized carbons (Fsp3) is 0.304. The van der Waals surface area contributed by atoms with Gasteiger partial charge in [0.1, 0.15) is 22.3 Å². The Kier molecular flexibility index (Phi) is 7.21. The second kappa shape index (κ2) is 10.5. The van der Waals surface area contributed by atoms with Crippen LogP contribution in [0.1, 0.15) is 33.6 Å². The van der Waals surface area contributed by atoms with Crippen LogP contribution in [0.25, 0.3) is 0 Å². The monoisotopic (exact) mass is 485 g/mol. The normalized spacial score (nSPS) is 15.5. The summed E-state index contributed by atoms with van der Waals surface area (Å²) in [5.41, 5.74) is 0.888. The number of rotatable bonds is 6.